The van der Waals surface area contributed by atoms with Crippen molar-refractivity contribution in [2.75, 3.05) is 0 Å². The Morgan fingerprint density at radius 3 is 1.50 bits per heavy atom. The van der Waals surface area contributed by atoms with E-state index < -0.39 is 24.7 Å². The molecule has 0 aromatic rings. The van der Waals surface area contributed by atoms with E-state index in [-0.39, 0.29) is 11.8 Å². The van der Waals surface area contributed by atoms with Crippen molar-refractivity contribution in [1.82, 2.24) is 0 Å². The van der Waals surface area contributed by atoms with E-state index in [0.717, 1.165) is 0 Å². The zero-order valence-electron chi connectivity index (χ0n) is 9.13. The maximum atomic E-state index is 13.4. The number of halogens is 4. The van der Waals surface area contributed by atoms with E-state index in [0.29, 0.717) is 0 Å². The summed E-state index contributed by atoms with van der Waals surface area (Å²) >= 11 is 0. The number of alkyl halides is 4. The van der Waals surface area contributed by atoms with Gasteiger partial charge in [0.25, 0.3) is 0 Å². The molecule has 0 nitrogen and oxygen atoms in total. The van der Waals surface area contributed by atoms with E-state index in [1.165, 1.54) is 6.92 Å². The topological polar surface area (TPSA) is 0 Å². The third kappa shape index (κ3) is 3.84. The van der Waals surface area contributed by atoms with Crippen LogP contribution in [-0.2, 0) is 0 Å². The van der Waals surface area contributed by atoms with Gasteiger partial charge in [0, 0.05) is 0 Å². The van der Waals surface area contributed by atoms with E-state index in [4.69, 9.17) is 0 Å². The van der Waals surface area contributed by atoms with Crippen molar-refractivity contribution >= 4 is 0 Å². The number of hydrogen-bond acceptors (Lipinski definition) is 0. The second kappa shape index (κ2) is 4.07. The first kappa shape index (κ1) is 13.7. The molecule has 86 valence electrons. The summed E-state index contributed by atoms with van der Waals surface area (Å²) in [6, 6.07) is 0. The van der Waals surface area contributed by atoms with Crippen LogP contribution in [0.3, 0.4) is 0 Å². The lowest BCUT2D eigenvalue weighted by Crippen LogP contribution is -2.40. The second-order valence-corrected chi connectivity index (χ2v) is 4.88. The molecule has 1 atom stereocenters. The molecule has 0 rings (SSSR count). The minimum atomic E-state index is -4.74. The second-order valence-electron chi connectivity index (χ2n) is 4.88. The quantitative estimate of drug-likeness (QED) is 0.607. The third-order valence-electron chi connectivity index (χ3n) is 2.34. The Bertz CT molecular complexity index is 178. The van der Waals surface area contributed by atoms with Crippen LogP contribution in [0.25, 0.3) is 0 Å². The summed E-state index contributed by atoms with van der Waals surface area (Å²) in [5, 5.41) is 0. The lowest BCUT2D eigenvalue weighted by molar-refractivity contribution is -0.235. The van der Waals surface area contributed by atoms with Crippen molar-refractivity contribution < 1.29 is 17.6 Å². The van der Waals surface area contributed by atoms with Gasteiger partial charge in [0.05, 0.1) is 0 Å². The highest BCUT2D eigenvalue weighted by atomic mass is 19.4. The Morgan fingerprint density at radius 2 is 1.29 bits per heavy atom. The Hall–Kier alpha value is -0.280. The van der Waals surface area contributed by atoms with Crippen molar-refractivity contribution in [3.05, 3.63) is 0 Å². The molecule has 0 aliphatic rings. The first-order valence-electron chi connectivity index (χ1n) is 4.77. The van der Waals surface area contributed by atoms with Crippen LogP contribution in [0.2, 0.25) is 0 Å². The highest BCUT2D eigenvalue weighted by molar-refractivity contribution is 4.87. The average Bonchev–Trinajstić information content (AvgIpc) is 1.96. The molecule has 0 bridgehead atoms. The molecule has 0 aliphatic carbocycles. The summed E-state index contributed by atoms with van der Waals surface area (Å²) in [5.74, 6) is 0. The Labute approximate surface area is 82.7 Å². The molecule has 0 amide bonds. The molecule has 0 aromatic carbocycles. The van der Waals surface area contributed by atoms with E-state index in [9.17, 15) is 17.6 Å². The average molecular weight is 214 g/mol. The van der Waals surface area contributed by atoms with Gasteiger partial charge in [0.15, 0.2) is 0 Å². The standard InChI is InChI=1S/C10H18F4/c1-5-9(11,10(12,13)14)7-6-8(2,3)4/h5-7H2,1-4H3. The fraction of sp³-hybridized carbons (Fsp3) is 1.00. The van der Waals surface area contributed by atoms with Gasteiger partial charge in [-0.25, -0.2) is 4.39 Å². The Kier molecular flexibility index (Phi) is 3.99. The van der Waals surface area contributed by atoms with Crippen LogP contribution in [0.4, 0.5) is 17.6 Å². The van der Waals surface area contributed by atoms with Crippen molar-refractivity contribution in [3.63, 3.8) is 0 Å². The van der Waals surface area contributed by atoms with Gasteiger partial charge in [-0.3, -0.25) is 0 Å². The fourth-order valence-electron chi connectivity index (χ4n) is 1.09. The van der Waals surface area contributed by atoms with Crippen molar-refractivity contribution in [1.29, 1.82) is 0 Å². The molecule has 0 spiro atoms. The lowest BCUT2D eigenvalue weighted by Gasteiger charge is -2.29. The predicted octanol–water partition coefficient (Wildman–Crippen LogP) is 4.49. The van der Waals surface area contributed by atoms with Crippen LogP contribution in [0.1, 0.15) is 47.0 Å². The van der Waals surface area contributed by atoms with Gasteiger partial charge in [-0.15, -0.1) is 0 Å². The molecular weight excluding hydrogens is 196 g/mol. The van der Waals surface area contributed by atoms with E-state index >= 15 is 0 Å². The van der Waals surface area contributed by atoms with Gasteiger partial charge < -0.3 is 0 Å². The summed E-state index contributed by atoms with van der Waals surface area (Å²) in [6.45, 7) is 6.65. The van der Waals surface area contributed by atoms with Crippen LogP contribution in [0.5, 0.6) is 0 Å². The fourth-order valence-corrected chi connectivity index (χ4v) is 1.09. The molecule has 0 saturated heterocycles. The van der Waals surface area contributed by atoms with Crippen LogP contribution >= 0.6 is 0 Å². The zero-order chi connectivity index (χ0) is 11.6. The first-order valence-corrected chi connectivity index (χ1v) is 4.77. The van der Waals surface area contributed by atoms with Gasteiger partial charge >= 0.3 is 6.18 Å². The molecule has 0 aliphatic heterocycles. The number of rotatable bonds is 3. The summed E-state index contributed by atoms with van der Waals surface area (Å²) in [4.78, 5) is 0. The molecule has 0 radical (unpaired) electrons. The summed E-state index contributed by atoms with van der Waals surface area (Å²) < 4.78 is 50.3. The van der Waals surface area contributed by atoms with Gasteiger partial charge in [-0.2, -0.15) is 13.2 Å². The van der Waals surface area contributed by atoms with Crippen molar-refractivity contribution in [3.8, 4) is 0 Å². The molecule has 0 heterocycles. The zero-order valence-corrected chi connectivity index (χ0v) is 9.13. The van der Waals surface area contributed by atoms with Gasteiger partial charge in [0.1, 0.15) is 0 Å². The molecular formula is C10H18F4. The molecule has 0 saturated carbocycles. The molecule has 0 aromatic heterocycles. The third-order valence-corrected chi connectivity index (χ3v) is 2.34. The minimum Gasteiger partial charge on any atom is -0.234 e. The smallest absolute Gasteiger partial charge is 0.234 e. The monoisotopic (exact) mass is 214 g/mol. The largest absolute Gasteiger partial charge is 0.422 e. The SMILES string of the molecule is CCC(F)(CCC(C)(C)C)C(F)(F)F. The molecule has 14 heavy (non-hydrogen) atoms. The molecule has 0 fully saturated rings. The Morgan fingerprint density at radius 1 is 0.857 bits per heavy atom. The molecule has 1 unspecified atom stereocenters. The van der Waals surface area contributed by atoms with Crippen molar-refractivity contribution in [2.24, 2.45) is 5.41 Å². The van der Waals surface area contributed by atoms with E-state index in [1.54, 1.807) is 20.8 Å². The van der Waals surface area contributed by atoms with Crippen molar-refractivity contribution in [2.45, 2.75) is 58.8 Å². The van der Waals surface area contributed by atoms with Gasteiger partial charge in [0.2, 0.25) is 5.67 Å². The highest BCUT2D eigenvalue weighted by Crippen LogP contribution is 2.42. The normalized spacial score (nSPS) is 18.0. The summed E-state index contributed by atoms with van der Waals surface area (Å²) in [6.07, 6.45) is -5.47. The van der Waals surface area contributed by atoms with E-state index in [1.807, 2.05) is 0 Å². The minimum absolute atomic E-state index is 0.233. The predicted molar refractivity (Wildman–Crippen MR) is 48.9 cm³/mol. The van der Waals surface area contributed by atoms with Gasteiger partial charge in [-0.1, -0.05) is 27.7 Å². The lowest BCUT2D eigenvalue weighted by atomic mass is 9.84. The molecule has 4 heteroatoms. The Balaban J connectivity index is 4.43. The maximum Gasteiger partial charge on any atom is 0.422 e. The summed E-state index contributed by atoms with van der Waals surface area (Å²) in [5.41, 5.74) is -3.28. The first-order chi connectivity index (χ1) is 6.02. The van der Waals surface area contributed by atoms with E-state index in [2.05, 4.69) is 0 Å². The van der Waals surface area contributed by atoms with Crippen LogP contribution < -0.4 is 0 Å². The highest BCUT2D eigenvalue weighted by Gasteiger charge is 2.54. The van der Waals surface area contributed by atoms with Crippen LogP contribution in [0, 0.1) is 5.41 Å². The van der Waals surface area contributed by atoms with Crippen LogP contribution in [-0.4, -0.2) is 11.8 Å². The maximum absolute atomic E-state index is 13.4. The molecule has 0 N–H and O–H groups in total. The number of hydrogen-bond donors (Lipinski definition) is 0. The van der Waals surface area contributed by atoms with Gasteiger partial charge in [-0.05, 0) is 24.7 Å². The van der Waals surface area contributed by atoms with Crippen LogP contribution in [0.15, 0.2) is 0 Å². The summed E-state index contributed by atoms with van der Waals surface area (Å²) in [7, 11) is 0.